The number of fused-ring (bicyclic) bond motifs is 1. The molecule has 1 atom stereocenters. The van der Waals surface area contributed by atoms with Crippen LogP contribution in [-0.2, 0) is 23.0 Å². The fraction of sp³-hybridized carbons (Fsp3) is 0.300. The van der Waals surface area contributed by atoms with Crippen LogP contribution in [0.1, 0.15) is 30.5 Å². The molecule has 1 N–H and O–H groups in total. The number of halogens is 1. The van der Waals surface area contributed by atoms with E-state index in [1.54, 1.807) is 24.3 Å². The highest BCUT2D eigenvalue weighted by Gasteiger charge is 2.22. The van der Waals surface area contributed by atoms with E-state index in [1.165, 1.54) is 6.08 Å². The second-order valence-corrected chi connectivity index (χ2v) is 8.44. The molecular weight excluding hydrogens is 386 g/mol. The van der Waals surface area contributed by atoms with Crippen molar-refractivity contribution in [1.29, 1.82) is 0 Å². The molecule has 0 amide bonds. The molecule has 0 spiro atoms. The first-order chi connectivity index (χ1) is 12.9. The molecule has 0 saturated heterocycles. The van der Waals surface area contributed by atoms with Crippen molar-refractivity contribution in [2.75, 3.05) is 6.61 Å². The summed E-state index contributed by atoms with van der Waals surface area (Å²) in [5.74, 6) is 1.47. The van der Waals surface area contributed by atoms with E-state index >= 15 is 0 Å². The number of ether oxygens (including phenoxy) is 2. The summed E-state index contributed by atoms with van der Waals surface area (Å²) in [5, 5.41) is 1.74. The Morgan fingerprint density at radius 2 is 2.04 bits per heavy atom. The summed E-state index contributed by atoms with van der Waals surface area (Å²) in [4.78, 5) is 0. The molecule has 1 aliphatic heterocycles. The van der Waals surface area contributed by atoms with Gasteiger partial charge in [0.2, 0.25) is 10.0 Å². The van der Waals surface area contributed by atoms with E-state index in [0.717, 1.165) is 34.3 Å². The molecule has 27 heavy (non-hydrogen) atoms. The average Bonchev–Trinajstić information content (AvgIpc) is 2.98. The molecule has 1 aliphatic rings. The number of sulfonamides is 1. The Balaban J connectivity index is 1.73. The van der Waals surface area contributed by atoms with Crippen LogP contribution in [0.4, 0.5) is 0 Å². The van der Waals surface area contributed by atoms with Crippen molar-refractivity contribution >= 4 is 27.7 Å². The molecule has 0 aliphatic carbocycles. The first-order valence-electron chi connectivity index (χ1n) is 8.75. The van der Waals surface area contributed by atoms with E-state index in [2.05, 4.69) is 4.72 Å². The first kappa shape index (κ1) is 19.7. The SMILES string of the molecule is CCOc1cc2c(cc1CNS(=O)(=O)/C=C/c1ccc(Cl)cc1)O[C@H](C)C2. The molecule has 0 bridgehead atoms. The molecule has 0 aromatic heterocycles. The van der Waals surface area contributed by atoms with E-state index in [0.29, 0.717) is 17.4 Å². The second kappa shape index (κ2) is 8.33. The third kappa shape index (κ3) is 5.25. The maximum Gasteiger partial charge on any atom is 0.234 e. The Kier molecular flexibility index (Phi) is 6.09. The Labute approximate surface area is 165 Å². The Morgan fingerprint density at radius 3 is 2.74 bits per heavy atom. The van der Waals surface area contributed by atoms with Crippen LogP contribution in [0.15, 0.2) is 41.8 Å². The van der Waals surface area contributed by atoms with Crippen molar-refractivity contribution < 1.29 is 17.9 Å². The third-order valence-corrected chi connectivity index (χ3v) is 5.45. The van der Waals surface area contributed by atoms with E-state index in [9.17, 15) is 8.42 Å². The topological polar surface area (TPSA) is 64.6 Å². The van der Waals surface area contributed by atoms with E-state index < -0.39 is 10.0 Å². The molecule has 5 nitrogen and oxygen atoms in total. The quantitative estimate of drug-likeness (QED) is 0.748. The van der Waals surface area contributed by atoms with E-state index in [4.69, 9.17) is 21.1 Å². The van der Waals surface area contributed by atoms with Gasteiger partial charge >= 0.3 is 0 Å². The predicted octanol–water partition coefficient (Wildman–Crippen LogP) is 4.15. The van der Waals surface area contributed by atoms with Gasteiger partial charge in [0.15, 0.2) is 0 Å². The Hall–Kier alpha value is -2.02. The van der Waals surface area contributed by atoms with Crippen LogP contribution in [0.3, 0.4) is 0 Å². The monoisotopic (exact) mass is 407 g/mol. The summed E-state index contributed by atoms with van der Waals surface area (Å²) in [7, 11) is -3.60. The van der Waals surface area contributed by atoms with Crippen LogP contribution in [0, 0.1) is 0 Å². The van der Waals surface area contributed by atoms with Gasteiger partial charge in [-0.05, 0) is 49.8 Å². The Morgan fingerprint density at radius 1 is 1.30 bits per heavy atom. The van der Waals surface area contributed by atoms with Gasteiger partial charge < -0.3 is 9.47 Å². The van der Waals surface area contributed by atoms with Gasteiger partial charge in [0.05, 0.1) is 6.61 Å². The Bertz CT molecular complexity index is 939. The van der Waals surface area contributed by atoms with E-state index in [1.807, 2.05) is 26.0 Å². The first-order valence-corrected chi connectivity index (χ1v) is 10.7. The lowest BCUT2D eigenvalue weighted by atomic mass is 10.1. The lowest BCUT2D eigenvalue weighted by Gasteiger charge is -2.13. The molecule has 3 rings (SSSR count). The maximum absolute atomic E-state index is 12.3. The number of benzene rings is 2. The molecule has 1 heterocycles. The molecule has 0 saturated carbocycles. The third-order valence-electron chi connectivity index (χ3n) is 4.15. The molecule has 0 fully saturated rings. The summed E-state index contributed by atoms with van der Waals surface area (Å²) in [5.41, 5.74) is 2.58. The van der Waals surface area contributed by atoms with Crippen molar-refractivity contribution in [1.82, 2.24) is 4.72 Å². The van der Waals surface area contributed by atoms with Gasteiger partial charge in [0.25, 0.3) is 0 Å². The van der Waals surface area contributed by atoms with Crippen molar-refractivity contribution in [3.63, 3.8) is 0 Å². The van der Waals surface area contributed by atoms with Crippen LogP contribution in [0.2, 0.25) is 5.02 Å². The summed E-state index contributed by atoms with van der Waals surface area (Å²) < 4.78 is 38.6. The van der Waals surface area contributed by atoms with Crippen LogP contribution in [0.5, 0.6) is 11.5 Å². The molecule has 144 valence electrons. The minimum absolute atomic E-state index is 0.115. The second-order valence-electron chi connectivity index (χ2n) is 6.35. The molecule has 7 heteroatoms. The zero-order valence-electron chi connectivity index (χ0n) is 15.2. The highest BCUT2D eigenvalue weighted by Crippen LogP contribution is 2.35. The van der Waals surface area contributed by atoms with Crippen molar-refractivity contribution in [2.24, 2.45) is 0 Å². The largest absolute Gasteiger partial charge is 0.494 e. The maximum atomic E-state index is 12.3. The van der Waals surface area contributed by atoms with Gasteiger partial charge in [-0.15, -0.1) is 0 Å². The fourth-order valence-corrected chi connectivity index (χ4v) is 3.79. The molecule has 2 aromatic rings. The average molecular weight is 408 g/mol. The molecule has 2 aromatic carbocycles. The van der Waals surface area contributed by atoms with Crippen molar-refractivity contribution in [2.45, 2.75) is 32.9 Å². The van der Waals surface area contributed by atoms with Gasteiger partial charge in [0.1, 0.15) is 17.6 Å². The lowest BCUT2D eigenvalue weighted by molar-refractivity contribution is 0.254. The number of nitrogens with one attached hydrogen (secondary N) is 1. The van der Waals surface area contributed by atoms with Crippen LogP contribution in [-0.4, -0.2) is 21.1 Å². The summed E-state index contributed by atoms with van der Waals surface area (Å²) in [6.45, 7) is 4.53. The molecule has 0 unspecified atom stereocenters. The van der Waals surface area contributed by atoms with Crippen LogP contribution >= 0.6 is 11.6 Å². The highest BCUT2D eigenvalue weighted by molar-refractivity contribution is 7.92. The smallest absolute Gasteiger partial charge is 0.234 e. The predicted molar refractivity (Wildman–Crippen MR) is 108 cm³/mol. The number of hydrogen-bond acceptors (Lipinski definition) is 4. The van der Waals surface area contributed by atoms with Gasteiger partial charge in [-0.1, -0.05) is 23.7 Å². The standard InChI is InChI=1S/C20H22ClNO4S/c1-3-25-19-11-16-10-14(2)26-20(16)12-17(19)13-22-27(23,24)9-8-15-4-6-18(21)7-5-15/h4-9,11-12,14,22H,3,10,13H2,1-2H3/b9-8+/t14-/m1/s1. The number of rotatable bonds is 7. The van der Waals surface area contributed by atoms with Gasteiger partial charge in [-0.3, -0.25) is 0 Å². The van der Waals surface area contributed by atoms with E-state index in [-0.39, 0.29) is 12.6 Å². The lowest BCUT2D eigenvalue weighted by Crippen LogP contribution is -2.21. The minimum Gasteiger partial charge on any atom is -0.494 e. The summed E-state index contributed by atoms with van der Waals surface area (Å²) >= 11 is 5.83. The normalized spacial score (nSPS) is 16.3. The van der Waals surface area contributed by atoms with Crippen molar-refractivity contribution in [3.8, 4) is 11.5 Å². The number of hydrogen-bond donors (Lipinski definition) is 1. The zero-order valence-corrected chi connectivity index (χ0v) is 16.8. The van der Waals surface area contributed by atoms with Crippen LogP contribution < -0.4 is 14.2 Å². The highest BCUT2D eigenvalue weighted by atomic mass is 35.5. The molecular formula is C20H22ClNO4S. The van der Waals surface area contributed by atoms with Crippen LogP contribution in [0.25, 0.3) is 6.08 Å². The minimum atomic E-state index is -3.60. The molecule has 0 radical (unpaired) electrons. The fourth-order valence-electron chi connectivity index (χ4n) is 2.88. The van der Waals surface area contributed by atoms with Gasteiger partial charge in [0, 0.05) is 34.5 Å². The van der Waals surface area contributed by atoms with Gasteiger partial charge in [-0.25, -0.2) is 13.1 Å². The summed E-state index contributed by atoms with van der Waals surface area (Å²) in [6, 6.07) is 10.7. The van der Waals surface area contributed by atoms with Crippen molar-refractivity contribution in [3.05, 3.63) is 63.5 Å². The van der Waals surface area contributed by atoms with Gasteiger partial charge in [-0.2, -0.15) is 0 Å². The zero-order chi connectivity index (χ0) is 19.4. The summed E-state index contributed by atoms with van der Waals surface area (Å²) in [6.07, 6.45) is 2.46.